The van der Waals surface area contributed by atoms with E-state index in [9.17, 15) is 0 Å². The molecule has 2 rings (SSSR count). The molecule has 4 nitrogen and oxygen atoms in total. The second kappa shape index (κ2) is 7.74. The molecule has 0 fully saturated rings. The van der Waals surface area contributed by atoms with Gasteiger partial charge in [0.15, 0.2) is 11.6 Å². The molecule has 0 aliphatic heterocycles. The summed E-state index contributed by atoms with van der Waals surface area (Å²) in [6.07, 6.45) is 1.72. The number of hydrogen-bond donors (Lipinski definition) is 1. The van der Waals surface area contributed by atoms with Gasteiger partial charge in [0.1, 0.15) is 5.75 Å². The number of aromatic nitrogens is 1. The van der Waals surface area contributed by atoms with E-state index in [-0.39, 0.29) is 0 Å². The number of nitrogens with zero attached hydrogens (tertiary/aromatic N) is 1. The fourth-order valence-electron chi connectivity index (χ4n) is 1.95. The number of halogens is 1. The van der Waals surface area contributed by atoms with Gasteiger partial charge < -0.3 is 14.8 Å². The Morgan fingerprint density at radius 3 is 2.57 bits per heavy atom. The van der Waals surface area contributed by atoms with Gasteiger partial charge in [0.25, 0.3) is 0 Å². The van der Waals surface area contributed by atoms with E-state index < -0.39 is 0 Å². The van der Waals surface area contributed by atoms with Gasteiger partial charge in [-0.05, 0) is 44.2 Å². The van der Waals surface area contributed by atoms with Crippen molar-refractivity contribution in [3.63, 3.8) is 0 Å². The minimum Gasteiger partial charge on any atom is -0.494 e. The van der Waals surface area contributed by atoms with E-state index in [1.807, 2.05) is 44.2 Å². The van der Waals surface area contributed by atoms with Gasteiger partial charge >= 0.3 is 0 Å². The van der Waals surface area contributed by atoms with E-state index in [4.69, 9.17) is 21.1 Å². The summed E-state index contributed by atoms with van der Waals surface area (Å²) in [4.78, 5) is 4.31. The predicted octanol–water partition coefficient (Wildman–Crippen LogP) is 4.36. The van der Waals surface area contributed by atoms with E-state index in [2.05, 4.69) is 10.3 Å². The predicted molar refractivity (Wildman–Crippen MR) is 85.9 cm³/mol. The van der Waals surface area contributed by atoms with Gasteiger partial charge in [-0.15, -0.1) is 11.6 Å². The van der Waals surface area contributed by atoms with Crippen LogP contribution in [0.4, 0.5) is 11.5 Å². The minimum atomic E-state index is 0.394. The highest BCUT2D eigenvalue weighted by molar-refractivity contribution is 6.17. The lowest BCUT2D eigenvalue weighted by Crippen LogP contribution is -2.01. The third kappa shape index (κ3) is 4.02. The van der Waals surface area contributed by atoms with Crippen LogP contribution in [-0.2, 0) is 5.88 Å². The largest absolute Gasteiger partial charge is 0.494 e. The van der Waals surface area contributed by atoms with Gasteiger partial charge in [-0.1, -0.05) is 0 Å². The Morgan fingerprint density at radius 1 is 1.10 bits per heavy atom. The van der Waals surface area contributed by atoms with E-state index in [0.717, 1.165) is 22.7 Å². The van der Waals surface area contributed by atoms with Crippen molar-refractivity contribution >= 4 is 23.1 Å². The summed E-state index contributed by atoms with van der Waals surface area (Å²) in [5.74, 6) is 2.61. The van der Waals surface area contributed by atoms with E-state index >= 15 is 0 Å². The maximum Gasteiger partial charge on any atom is 0.173 e. The summed E-state index contributed by atoms with van der Waals surface area (Å²) in [6.45, 7) is 5.10. The zero-order chi connectivity index (χ0) is 15.1. The first-order valence-corrected chi connectivity index (χ1v) is 7.48. The van der Waals surface area contributed by atoms with Crippen molar-refractivity contribution in [3.8, 4) is 11.5 Å². The fourth-order valence-corrected chi connectivity index (χ4v) is 2.16. The van der Waals surface area contributed by atoms with Gasteiger partial charge in [0, 0.05) is 17.4 Å². The summed E-state index contributed by atoms with van der Waals surface area (Å²) in [6, 6.07) is 9.54. The molecule has 0 bridgehead atoms. The summed E-state index contributed by atoms with van der Waals surface area (Å²) in [7, 11) is 0. The number of benzene rings is 1. The second-order valence-electron chi connectivity index (χ2n) is 4.30. The molecule has 5 heteroatoms. The molecule has 112 valence electrons. The average molecular weight is 307 g/mol. The molecule has 21 heavy (non-hydrogen) atoms. The van der Waals surface area contributed by atoms with Crippen molar-refractivity contribution < 1.29 is 9.47 Å². The minimum absolute atomic E-state index is 0.394. The maximum absolute atomic E-state index is 5.98. The first kappa shape index (κ1) is 15.4. The highest BCUT2D eigenvalue weighted by Crippen LogP contribution is 2.29. The molecular formula is C16H19ClN2O2. The maximum atomic E-state index is 5.98. The van der Waals surface area contributed by atoms with Crippen LogP contribution in [0, 0.1) is 0 Å². The number of ether oxygens (including phenoxy) is 2. The molecule has 1 aromatic heterocycles. The van der Waals surface area contributed by atoms with Gasteiger partial charge in [0.2, 0.25) is 0 Å². The lowest BCUT2D eigenvalue weighted by atomic mass is 10.2. The van der Waals surface area contributed by atoms with Crippen LogP contribution in [0.1, 0.15) is 19.4 Å². The van der Waals surface area contributed by atoms with Crippen molar-refractivity contribution in [2.75, 3.05) is 18.5 Å². The molecule has 1 heterocycles. The Labute approximate surface area is 130 Å². The molecule has 0 aliphatic rings. The molecule has 2 aromatic rings. The van der Waals surface area contributed by atoms with Gasteiger partial charge in [-0.3, -0.25) is 0 Å². The molecule has 0 unspecified atom stereocenters. The number of anilines is 2. The molecule has 1 aromatic carbocycles. The number of pyridine rings is 1. The molecule has 0 radical (unpaired) electrons. The number of rotatable bonds is 7. The third-order valence-electron chi connectivity index (χ3n) is 2.84. The van der Waals surface area contributed by atoms with E-state index in [0.29, 0.717) is 24.9 Å². The van der Waals surface area contributed by atoms with Gasteiger partial charge in [0.05, 0.1) is 19.1 Å². The van der Waals surface area contributed by atoms with E-state index in [1.54, 1.807) is 6.20 Å². The zero-order valence-corrected chi connectivity index (χ0v) is 13.0. The summed E-state index contributed by atoms with van der Waals surface area (Å²) >= 11 is 5.98. The Bertz CT molecular complexity index is 590. The SMILES string of the molecule is CCOc1ccc(Nc2ncccc2OCC)cc1CCl. The second-order valence-corrected chi connectivity index (χ2v) is 4.56. The molecule has 0 amide bonds. The van der Waals surface area contributed by atoms with Crippen LogP contribution in [0.5, 0.6) is 11.5 Å². The van der Waals surface area contributed by atoms with Crippen LogP contribution in [-0.4, -0.2) is 18.2 Å². The topological polar surface area (TPSA) is 43.4 Å². The first-order valence-electron chi connectivity index (χ1n) is 6.95. The molecule has 0 saturated carbocycles. The molecular weight excluding hydrogens is 288 g/mol. The van der Waals surface area contributed by atoms with Crippen molar-refractivity contribution in [1.29, 1.82) is 0 Å². The Balaban J connectivity index is 2.23. The highest BCUT2D eigenvalue weighted by atomic mass is 35.5. The molecule has 0 saturated heterocycles. The Morgan fingerprint density at radius 2 is 1.86 bits per heavy atom. The number of hydrogen-bond acceptors (Lipinski definition) is 4. The highest BCUT2D eigenvalue weighted by Gasteiger charge is 2.07. The first-order chi connectivity index (χ1) is 10.3. The van der Waals surface area contributed by atoms with Crippen molar-refractivity contribution in [1.82, 2.24) is 4.98 Å². The molecule has 0 spiro atoms. The quantitative estimate of drug-likeness (QED) is 0.772. The lowest BCUT2D eigenvalue weighted by Gasteiger charge is -2.13. The Kier molecular flexibility index (Phi) is 5.69. The third-order valence-corrected chi connectivity index (χ3v) is 3.13. The Hall–Kier alpha value is -1.94. The summed E-state index contributed by atoms with van der Waals surface area (Å²) in [5.41, 5.74) is 1.84. The normalized spacial score (nSPS) is 10.2. The molecule has 1 N–H and O–H groups in total. The number of nitrogens with one attached hydrogen (secondary N) is 1. The number of alkyl halides is 1. The van der Waals surface area contributed by atoms with Gasteiger partial charge in [-0.25, -0.2) is 4.98 Å². The van der Waals surface area contributed by atoms with Crippen molar-refractivity contribution in [2.24, 2.45) is 0 Å². The summed E-state index contributed by atoms with van der Waals surface area (Å²) in [5, 5.41) is 3.25. The van der Waals surface area contributed by atoms with Gasteiger partial charge in [-0.2, -0.15) is 0 Å². The van der Waals surface area contributed by atoms with Crippen LogP contribution in [0.2, 0.25) is 0 Å². The summed E-state index contributed by atoms with van der Waals surface area (Å²) < 4.78 is 11.1. The van der Waals surface area contributed by atoms with Crippen molar-refractivity contribution in [3.05, 3.63) is 42.1 Å². The van der Waals surface area contributed by atoms with E-state index in [1.165, 1.54) is 0 Å². The van der Waals surface area contributed by atoms with Crippen molar-refractivity contribution in [2.45, 2.75) is 19.7 Å². The molecule has 0 atom stereocenters. The van der Waals surface area contributed by atoms with Crippen LogP contribution in [0.25, 0.3) is 0 Å². The lowest BCUT2D eigenvalue weighted by molar-refractivity contribution is 0.337. The monoisotopic (exact) mass is 306 g/mol. The van der Waals surface area contributed by atoms with Crippen LogP contribution < -0.4 is 14.8 Å². The average Bonchev–Trinajstić information content (AvgIpc) is 2.51. The smallest absolute Gasteiger partial charge is 0.173 e. The standard InChI is InChI=1S/C16H19ClN2O2/c1-3-20-14-8-7-13(10-12(14)11-17)19-16-15(21-4-2)6-5-9-18-16/h5-10H,3-4,11H2,1-2H3,(H,18,19). The van der Waals surface area contributed by atoms with Crippen LogP contribution in [0.3, 0.4) is 0 Å². The van der Waals surface area contributed by atoms with Crippen LogP contribution >= 0.6 is 11.6 Å². The molecule has 0 aliphatic carbocycles. The van der Waals surface area contributed by atoms with Crippen LogP contribution in [0.15, 0.2) is 36.5 Å². The fraction of sp³-hybridized carbons (Fsp3) is 0.312. The zero-order valence-electron chi connectivity index (χ0n) is 12.2.